The van der Waals surface area contributed by atoms with Gasteiger partial charge in [0.25, 0.3) is 5.91 Å². The maximum atomic E-state index is 12.5. The number of hydrogen-bond acceptors (Lipinski definition) is 4. The molecule has 0 saturated heterocycles. The Bertz CT molecular complexity index is 822. The van der Waals surface area contributed by atoms with Crippen LogP contribution in [0.15, 0.2) is 24.3 Å². The lowest BCUT2D eigenvalue weighted by Gasteiger charge is -2.15. The quantitative estimate of drug-likeness (QED) is 0.842. The van der Waals surface area contributed by atoms with Gasteiger partial charge in [-0.15, -0.1) is 0 Å². The molecule has 2 amide bonds. The van der Waals surface area contributed by atoms with Crippen molar-refractivity contribution in [2.45, 2.75) is 38.7 Å². The van der Waals surface area contributed by atoms with Crippen LogP contribution in [-0.2, 0) is 7.05 Å². The Morgan fingerprint density at radius 1 is 1.32 bits per heavy atom. The van der Waals surface area contributed by atoms with Crippen LogP contribution >= 0.6 is 0 Å². The monoisotopic (exact) mass is 342 g/mol. The largest absolute Gasteiger partial charge is 0.489 e. The van der Waals surface area contributed by atoms with Gasteiger partial charge < -0.3 is 15.8 Å². The van der Waals surface area contributed by atoms with Crippen molar-refractivity contribution in [2.24, 2.45) is 12.8 Å². The second kappa shape index (κ2) is 6.58. The van der Waals surface area contributed by atoms with Gasteiger partial charge in [0, 0.05) is 24.2 Å². The summed E-state index contributed by atoms with van der Waals surface area (Å²) < 4.78 is 7.46. The van der Waals surface area contributed by atoms with Crippen molar-refractivity contribution >= 4 is 17.5 Å². The fourth-order valence-electron chi connectivity index (χ4n) is 2.67. The zero-order chi connectivity index (χ0) is 18.1. The first kappa shape index (κ1) is 17.0. The van der Waals surface area contributed by atoms with Crippen LogP contribution < -0.4 is 15.8 Å². The van der Waals surface area contributed by atoms with E-state index < -0.39 is 5.91 Å². The van der Waals surface area contributed by atoms with E-state index >= 15 is 0 Å². The van der Waals surface area contributed by atoms with Crippen LogP contribution in [0.2, 0.25) is 0 Å². The summed E-state index contributed by atoms with van der Waals surface area (Å²) in [4.78, 5) is 23.9. The second-order valence-electron chi connectivity index (χ2n) is 6.55. The lowest BCUT2D eigenvalue weighted by molar-refractivity contribution is 0.0997. The first-order chi connectivity index (χ1) is 11.8. The van der Waals surface area contributed by atoms with Gasteiger partial charge in [-0.3, -0.25) is 14.3 Å². The molecule has 3 rings (SSSR count). The first-order valence-corrected chi connectivity index (χ1v) is 8.31. The zero-order valence-electron chi connectivity index (χ0n) is 14.6. The van der Waals surface area contributed by atoms with Crippen LogP contribution in [0.25, 0.3) is 0 Å². The number of amides is 2. The Morgan fingerprint density at radius 2 is 2.04 bits per heavy atom. The SMILES string of the molecule is CC(C)Oc1cc(C(N)=O)ccc1NC(=O)c1cc(C2CC2)n(C)n1. The highest BCUT2D eigenvalue weighted by molar-refractivity contribution is 6.04. The molecule has 3 N–H and O–H groups in total. The molecule has 7 nitrogen and oxygen atoms in total. The highest BCUT2D eigenvalue weighted by Crippen LogP contribution is 2.40. The number of aromatic nitrogens is 2. The van der Waals surface area contributed by atoms with Crippen LogP contribution in [0, 0.1) is 0 Å². The van der Waals surface area contributed by atoms with Crippen molar-refractivity contribution in [3.8, 4) is 5.75 Å². The van der Waals surface area contributed by atoms with Crippen molar-refractivity contribution < 1.29 is 14.3 Å². The number of nitrogens with zero attached hydrogens (tertiary/aromatic N) is 2. The minimum atomic E-state index is -0.551. The van der Waals surface area contributed by atoms with Crippen molar-refractivity contribution in [3.05, 3.63) is 41.2 Å². The van der Waals surface area contributed by atoms with Gasteiger partial charge in [-0.25, -0.2) is 0 Å². The maximum absolute atomic E-state index is 12.5. The number of primary amides is 1. The lowest BCUT2D eigenvalue weighted by Crippen LogP contribution is -2.17. The summed E-state index contributed by atoms with van der Waals surface area (Å²) in [5.74, 6) is 0.0416. The molecular weight excluding hydrogens is 320 g/mol. The number of anilines is 1. The minimum Gasteiger partial charge on any atom is -0.489 e. The zero-order valence-corrected chi connectivity index (χ0v) is 14.6. The van der Waals surface area contributed by atoms with E-state index in [0.717, 1.165) is 18.5 Å². The molecular formula is C18H22N4O3. The smallest absolute Gasteiger partial charge is 0.276 e. The minimum absolute atomic E-state index is 0.116. The summed E-state index contributed by atoms with van der Waals surface area (Å²) in [5.41, 5.74) is 7.55. The van der Waals surface area contributed by atoms with Crippen molar-refractivity contribution in [2.75, 3.05) is 5.32 Å². The molecule has 1 aliphatic carbocycles. The van der Waals surface area contributed by atoms with E-state index in [2.05, 4.69) is 10.4 Å². The van der Waals surface area contributed by atoms with Gasteiger partial charge in [-0.2, -0.15) is 5.10 Å². The molecule has 132 valence electrons. The van der Waals surface area contributed by atoms with Crippen molar-refractivity contribution in [1.82, 2.24) is 9.78 Å². The molecule has 0 aliphatic heterocycles. The number of nitrogens with two attached hydrogens (primary N) is 1. The Hall–Kier alpha value is -2.83. The third-order valence-corrected chi connectivity index (χ3v) is 4.02. The first-order valence-electron chi connectivity index (χ1n) is 8.31. The summed E-state index contributed by atoms with van der Waals surface area (Å²) in [5, 5.41) is 7.10. The average Bonchev–Trinajstić information content (AvgIpc) is 3.30. The lowest BCUT2D eigenvalue weighted by atomic mass is 10.1. The fourth-order valence-corrected chi connectivity index (χ4v) is 2.67. The van der Waals surface area contributed by atoms with Gasteiger partial charge in [-0.05, 0) is 51.0 Å². The van der Waals surface area contributed by atoms with E-state index in [1.54, 1.807) is 16.8 Å². The Labute approximate surface area is 146 Å². The summed E-state index contributed by atoms with van der Waals surface area (Å²) >= 11 is 0. The van der Waals surface area contributed by atoms with Gasteiger partial charge >= 0.3 is 0 Å². The topological polar surface area (TPSA) is 99.2 Å². The molecule has 1 fully saturated rings. The van der Waals surface area contributed by atoms with Crippen molar-refractivity contribution in [3.63, 3.8) is 0 Å². The van der Waals surface area contributed by atoms with Gasteiger partial charge in [0.1, 0.15) is 5.75 Å². The molecule has 1 saturated carbocycles. The molecule has 0 atom stereocenters. The van der Waals surface area contributed by atoms with Crippen LogP contribution in [0.1, 0.15) is 59.1 Å². The fraction of sp³-hybridized carbons (Fsp3) is 0.389. The van der Waals surface area contributed by atoms with E-state index in [9.17, 15) is 9.59 Å². The average molecular weight is 342 g/mol. The summed E-state index contributed by atoms with van der Waals surface area (Å²) in [7, 11) is 1.85. The van der Waals surface area contributed by atoms with Crippen LogP contribution in [0.3, 0.4) is 0 Å². The number of aryl methyl sites for hydroxylation is 1. The standard InChI is InChI=1S/C18H22N4O3/c1-10(2)25-16-8-12(17(19)23)6-7-13(16)20-18(24)14-9-15(11-4-5-11)22(3)21-14/h6-11H,4-5H2,1-3H3,(H2,19,23)(H,20,24). The van der Waals surface area contributed by atoms with E-state index in [-0.39, 0.29) is 12.0 Å². The molecule has 0 radical (unpaired) electrons. The molecule has 7 heteroatoms. The normalized spacial score (nSPS) is 13.8. The molecule has 2 aromatic rings. The van der Waals surface area contributed by atoms with Gasteiger partial charge in [0.05, 0.1) is 11.8 Å². The summed E-state index contributed by atoms with van der Waals surface area (Å²) in [6.45, 7) is 3.73. The van der Waals surface area contributed by atoms with Crippen LogP contribution in [0.5, 0.6) is 5.75 Å². The molecule has 0 bridgehead atoms. The maximum Gasteiger partial charge on any atom is 0.276 e. The molecule has 0 unspecified atom stereocenters. The molecule has 1 heterocycles. The number of ether oxygens (including phenoxy) is 1. The van der Waals surface area contributed by atoms with E-state index in [1.807, 2.05) is 27.0 Å². The Kier molecular flexibility index (Phi) is 4.48. The number of rotatable bonds is 6. The van der Waals surface area contributed by atoms with Crippen LogP contribution in [0.4, 0.5) is 5.69 Å². The Balaban J connectivity index is 1.84. The summed E-state index contributed by atoms with van der Waals surface area (Å²) in [6, 6.07) is 6.53. The van der Waals surface area contributed by atoms with E-state index in [0.29, 0.717) is 28.6 Å². The third-order valence-electron chi connectivity index (χ3n) is 4.02. The van der Waals surface area contributed by atoms with Crippen molar-refractivity contribution in [1.29, 1.82) is 0 Å². The van der Waals surface area contributed by atoms with Crippen LogP contribution in [-0.4, -0.2) is 27.7 Å². The molecule has 0 spiro atoms. The number of benzene rings is 1. The second-order valence-corrected chi connectivity index (χ2v) is 6.55. The predicted octanol–water partition coefficient (Wildman–Crippen LogP) is 2.44. The number of nitrogens with one attached hydrogen (secondary N) is 1. The highest BCUT2D eigenvalue weighted by Gasteiger charge is 2.28. The number of hydrogen-bond donors (Lipinski definition) is 2. The van der Waals surface area contributed by atoms with E-state index in [4.69, 9.17) is 10.5 Å². The number of carbonyl (C=O) groups excluding carboxylic acids is 2. The summed E-state index contributed by atoms with van der Waals surface area (Å²) in [6.07, 6.45) is 2.17. The van der Waals surface area contributed by atoms with Gasteiger partial charge in [0.2, 0.25) is 5.91 Å². The molecule has 1 aromatic carbocycles. The van der Waals surface area contributed by atoms with E-state index in [1.165, 1.54) is 6.07 Å². The molecule has 1 aliphatic rings. The van der Waals surface area contributed by atoms with Gasteiger partial charge in [-0.1, -0.05) is 0 Å². The molecule has 1 aromatic heterocycles. The Morgan fingerprint density at radius 3 is 2.64 bits per heavy atom. The number of carbonyl (C=O) groups is 2. The third kappa shape index (κ3) is 3.81. The highest BCUT2D eigenvalue weighted by atomic mass is 16.5. The predicted molar refractivity (Wildman–Crippen MR) is 93.9 cm³/mol. The molecule has 25 heavy (non-hydrogen) atoms. The van der Waals surface area contributed by atoms with Gasteiger partial charge in [0.15, 0.2) is 5.69 Å².